The van der Waals surface area contributed by atoms with E-state index in [1.165, 1.54) is 6.20 Å². The molecule has 0 aliphatic carbocycles. The monoisotopic (exact) mass is 140 g/mol. The van der Waals surface area contributed by atoms with Gasteiger partial charge in [0.2, 0.25) is 0 Å². The normalized spacial score (nSPS) is 9.50. The van der Waals surface area contributed by atoms with Crippen molar-refractivity contribution in [2.75, 3.05) is 13.2 Å². The molecule has 56 valence electrons. The minimum Gasteiger partial charge on any atom is -0.394 e. The molecule has 0 aromatic carbocycles. The van der Waals surface area contributed by atoms with Crippen molar-refractivity contribution < 1.29 is 5.11 Å². The van der Waals surface area contributed by atoms with Crippen LogP contribution in [0.25, 0.3) is 0 Å². The average Bonchev–Trinajstić information content (AvgIpc) is 1.87. The van der Waals surface area contributed by atoms with Gasteiger partial charge in [0, 0.05) is 0 Å². The topological polar surface area (TPSA) is 45.0 Å². The predicted octanol–water partition coefficient (Wildman–Crippen LogP) is 1.51. The number of aliphatic hydroxyl groups is 1. The zero-order valence-electron chi connectivity index (χ0n) is 6.33. The molecule has 0 amide bonds. The maximum atomic E-state index is 8.28. The summed E-state index contributed by atoms with van der Waals surface area (Å²) in [6.45, 7) is 4.27. The van der Waals surface area contributed by atoms with Crippen molar-refractivity contribution in [3.8, 4) is 0 Å². The highest BCUT2D eigenvalue weighted by Gasteiger charge is 1.70. The van der Waals surface area contributed by atoms with Crippen LogP contribution in [0.4, 0.5) is 0 Å². The third kappa shape index (κ3) is 7.08. The van der Waals surface area contributed by atoms with Crippen molar-refractivity contribution in [2.45, 2.75) is 13.8 Å². The predicted molar refractivity (Wildman–Crippen MR) is 39.8 cm³/mol. The van der Waals surface area contributed by atoms with Crippen LogP contribution in [0.3, 0.4) is 0 Å². The SMILES string of the molecule is CC(C)=C=CN=NCCO. The van der Waals surface area contributed by atoms with E-state index in [2.05, 4.69) is 16.0 Å². The van der Waals surface area contributed by atoms with Crippen LogP contribution in [-0.2, 0) is 0 Å². The highest BCUT2D eigenvalue weighted by molar-refractivity contribution is 4.92. The molecule has 1 N–H and O–H groups in total. The second kappa shape index (κ2) is 6.20. The molecule has 3 heteroatoms. The number of hydrogen-bond donors (Lipinski definition) is 1. The van der Waals surface area contributed by atoms with Crippen molar-refractivity contribution in [2.24, 2.45) is 10.2 Å². The Morgan fingerprint density at radius 2 is 2.30 bits per heavy atom. The smallest absolute Gasteiger partial charge is 0.0909 e. The van der Waals surface area contributed by atoms with Gasteiger partial charge in [-0.25, -0.2) is 0 Å². The summed E-state index contributed by atoms with van der Waals surface area (Å²) < 4.78 is 0. The quantitative estimate of drug-likeness (QED) is 0.468. The summed E-state index contributed by atoms with van der Waals surface area (Å²) in [7, 11) is 0. The summed E-state index contributed by atoms with van der Waals surface area (Å²) in [4.78, 5) is 0. The lowest BCUT2D eigenvalue weighted by Gasteiger charge is -1.78. The Kier molecular flexibility index (Phi) is 5.63. The van der Waals surface area contributed by atoms with Gasteiger partial charge < -0.3 is 5.11 Å². The lowest BCUT2D eigenvalue weighted by atomic mass is 10.4. The van der Waals surface area contributed by atoms with Crippen LogP contribution >= 0.6 is 0 Å². The first-order valence-electron chi connectivity index (χ1n) is 3.13. The molecule has 0 unspecified atom stereocenters. The van der Waals surface area contributed by atoms with Gasteiger partial charge in [-0.1, -0.05) is 0 Å². The van der Waals surface area contributed by atoms with Gasteiger partial charge in [0.05, 0.1) is 19.4 Å². The number of allylic oxidation sites excluding steroid dienone is 1. The molecular weight excluding hydrogens is 128 g/mol. The first-order valence-corrected chi connectivity index (χ1v) is 3.13. The van der Waals surface area contributed by atoms with E-state index in [0.717, 1.165) is 5.57 Å². The summed E-state index contributed by atoms with van der Waals surface area (Å²) in [6, 6.07) is 0. The standard InChI is InChI=1S/C7H12N2O/c1-7(2)3-4-8-9-5-6-10/h4,10H,5-6H2,1-2H3. The minimum atomic E-state index is 0.0478. The minimum absolute atomic E-state index is 0.0478. The molecule has 0 rings (SSSR count). The van der Waals surface area contributed by atoms with Gasteiger partial charge in [0.1, 0.15) is 0 Å². The molecule has 0 aliphatic heterocycles. The van der Waals surface area contributed by atoms with Gasteiger partial charge in [0.15, 0.2) is 0 Å². The molecule has 0 aromatic rings. The Labute approximate surface area is 60.8 Å². The Morgan fingerprint density at radius 3 is 2.80 bits per heavy atom. The maximum Gasteiger partial charge on any atom is 0.0909 e. The molecule has 0 aliphatic rings. The fourth-order valence-corrected chi connectivity index (χ4v) is 0.301. The van der Waals surface area contributed by atoms with E-state index in [4.69, 9.17) is 5.11 Å². The first-order chi connectivity index (χ1) is 4.77. The van der Waals surface area contributed by atoms with Gasteiger partial charge in [-0.3, -0.25) is 0 Å². The van der Waals surface area contributed by atoms with Crippen molar-refractivity contribution in [1.82, 2.24) is 0 Å². The van der Waals surface area contributed by atoms with E-state index < -0.39 is 0 Å². The summed E-state index contributed by atoms with van der Waals surface area (Å²) in [5.41, 5.74) is 3.91. The molecule has 10 heavy (non-hydrogen) atoms. The van der Waals surface area contributed by atoms with Crippen LogP contribution in [0.5, 0.6) is 0 Å². The molecule has 0 spiro atoms. The van der Waals surface area contributed by atoms with Gasteiger partial charge >= 0.3 is 0 Å². The maximum absolute atomic E-state index is 8.28. The van der Waals surface area contributed by atoms with Crippen LogP contribution in [0.1, 0.15) is 13.8 Å². The number of azo groups is 1. The largest absolute Gasteiger partial charge is 0.394 e. The van der Waals surface area contributed by atoms with Crippen molar-refractivity contribution >= 4 is 0 Å². The van der Waals surface area contributed by atoms with Crippen LogP contribution in [0, 0.1) is 0 Å². The molecule has 0 radical (unpaired) electrons. The molecule has 0 bridgehead atoms. The number of aliphatic hydroxyl groups excluding tert-OH is 1. The highest BCUT2D eigenvalue weighted by Crippen LogP contribution is 1.83. The Bertz CT molecular complexity index is 162. The van der Waals surface area contributed by atoms with Crippen LogP contribution in [0.15, 0.2) is 27.7 Å². The zero-order valence-corrected chi connectivity index (χ0v) is 6.33. The van der Waals surface area contributed by atoms with Crippen LogP contribution in [-0.4, -0.2) is 18.3 Å². The number of hydrogen-bond acceptors (Lipinski definition) is 3. The summed E-state index contributed by atoms with van der Waals surface area (Å²) in [5, 5.41) is 15.5. The highest BCUT2D eigenvalue weighted by atomic mass is 16.3. The zero-order chi connectivity index (χ0) is 7.82. The van der Waals surface area contributed by atoms with Crippen LogP contribution < -0.4 is 0 Å². The van der Waals surface area contributed by atoms with Gasteiger partial charge in [0.25, 0.3) is 0 Å². The lowest BCUT2D eigenvalue weighted by molar-refractivity contribution is 0.305. The van der Waals surface area contributed by atoms with Crippen molar-refractivity contribution in [1.29, 1.82) is 0 Å². The third-order valence-corrected chi connectivity index (χ3v) is 0.693. The van der Waals surface area contributed by atoms with E-state index in [1.807, 2.05) is 13.8 Å². The Balaban J connectivity index is 3.62. The van der Waals surface area contributed by atoms with Crippen LogP contribution in [0.2, 0.25) is 0 Å². The van der Waals surface area contributed by atoms with Gasteiger partial charge in [-0.2, -0.15) is 10.2 Å². The molecule has 0 heterocycles. The second-order valence-electron chi connectivity index (χ2n) is 1.98. The summed E-state index contributed by atoms with van der Waals surface area (Å²) in [6.07, 6.45) is 1.49. The summed E-state index contributed by atoms with van der Waals surface area (Å²) >= 11 is 0. The second-order valence-corrected chi connectivity index (χ2v) is 1.98. The fourth-order valence-electron chi connectivity index (χ4n) is 0.301. The number of nitrogens with zero attached hydrogens (tertiary/aromatic N) is 2. The first kappa shape index (κ1) is 9.08. The van der Waals surface area contributed by atoms with E-state index in [1.54, 1.807) is 0 Å². The summed E-state index contributed by atoms with van der Waals surface area (Å²) in [5.74, 6) is 0. The number of rotatable bonds is 3. The molecular formula is C7H12N2O. The average molecular weight is 140 g/mol. The third-order valence-electron chi connectivity index (χ3n) is 0.693. The molecule has 0 fully saturated rings. The Morgan fingerprint density at radius 1 is 1.60 bits per heavy atom. The molecule has 0 atom stereocenters. The molecule has 0 saturated heterocycles. The fraction of sp³-hybridized carbons (Fsp3) is 0.571. The van der Waals surface area contributed by atoms with Gasteiger partial charge in [-0.05, 0) is 19.4 Å². The Hall–Kier alpha value is -0.920. The van der Waals surface area contributed by atoms with E-state index in [-0.39, 0.29) is 6.61 Å². The lowest BCUT2D eigenvalue weighted by Crippen LogP contribution is -1.83. The molecule has 0 aromatic heterocycles. The molecule has 0 saturated carbocycles. The van der Waals surface area contributed by atoms with Crippen molar-refractivity contribution in [3.63, 3.8) is 0 Å². The van der Waals surface area contributed by atoms with E-state index in [0.29, 0.717) is 6.54 Å². The van der Waals surface area contributed by atoms with Gasteiger partial charge in [-0.15, -0.1) is 5.73 Å². The van der Waals surface area contributed by atoms with E-state index in [9.17, 15) is 0 Å². The van der Waals surface area contributed by atoms with Crippen molar-refractivity contribution in [3.05, 3.63) is 17.5 Å². The van der Waals surface area contributed by atoms with E-state index >= 15 is 0 Å². The molecule has 3 nitrogen and oxygen atoms in total.